The van der Waals surface area contributed by atoms with Gasteiger partial charge in [0, 0.05) is 12.7 Å². The predicted molar refractivity (Wildman–Crippen MR) is 75.4 cm³/mol. The maximum absolute atomic E-state index is 9.83. The molecule has 0 bridgehead atoms. The van der Waals surface area contributed by atoms with Crippen LogP contribution in [-0.2, 0) is 0 Å². The Bertz CT molecular complexity index is 503. The van der Waals surface area contributed by atoms with Gasteiger partial charge in [0.1, 0.15) is 24.3 Å². The number of hydrogen-bond donors (Lipinski definition) is 2. The molecule has 0 aliphatic rings. The van der Waals surface area contributed by atoms with E-state index in [2.05, 4.69) is 10.3 Å². The molecule has 1 unspecified atom stereocenters. The lowest BCUT2D eigenvalue weighted by molar-refractivity contribution is 0.117. The number of hydrogen-bond acceptors (Lipinski definition) is 4. The Morgan fingerprint density at radius 2 is 2.16 bits per heavy atom. The Morgan fingerprint density at radius 3 is 2.89 bits per heavy atom. The number of pyridine rings is 1. The first-order valence-corrected chi connectivity index (χ1v) is 6.26. The van der Waals surface area contributed by atoms with Gasteiger partial charge in [-0.25, -0.2) is 4.98 Å². The molecular formula is C15H18N2O2. The minimum atomic E-state index is -0.581. The summed E-state index contributed by atoms with van der Waals surface area (Å²) in [5, 5.41) is 12.9. The number of aliphatic hydroxyl groups excluding tert-OH is 1. The number of anilines is 1. The smallest absolute Gasteiger partial charge is 0.125 e. The molecule has 100 valence electrons. The van der Waals surface area contributed by atoms with Gasteiger partial charge in [-0.05, 0) is 36.8 Å². The molecule has 1 heterocycles. The molecular weight excluding hydrogens is 240 g/mol. The van der Waals surface area contributed by atoms with E-state index in [0.717, 1.165) is 17.1 Å². The molecule has 1 aromatic carbocycles. The van der Waals surface area contributed by atoms with Crippen LogP contribution < -0.4 is 10.1 Å². The first-order valence-electron chi connectivity index (χ1n) is 6.26. The Kier molecular flexibility index (Phi) is 4.75. The van der Waals surface area contributed by atoms with Gasteiger partial charge < -0.3 is 15.2 Å². The van der Waals surface area contributed by atoms with Crippen molar-refractivity contribution in [1.29, 1.82) is 0 Å². The summed E-state index contributed by atoms with van der Waals surface area (Å²) in [4.78, 5) is 4.12. The highest BCUT2D eigenvalue weighted by atomic mass is 16.5. The van der Waals surface area contributed by atoms with Crippen molar-refractivity contribution in [3.63, 3.8) is 0 Å². The Morgan fingerprint density at radius 1 is 1.26 bits per heavy atom. The first kappa shape index (κ1) is 13.4. The topological polar surface area (TPSA) is 54.4 Å². The van der Waals surface area contributed by atoms with E-state index in [1.165, 1.54) is 0 Å². The van der Waals surface area contributed by atoms with Crippen molar-refractivity contribution in [3.8, 4) is 5.75 Å². The molecule has 0 aliphatic heterocycles. The van der Waals surface area contributed by atoms with E-state index in [1.807, 2.05) is 49.4 Å². The van der Waals surface area contributed by atoms with Crippen LogP contribution in [0.5, 0.6) is 5.75 Å². The Balaban J connectivity index is 1.74. The number of nitrogens with one attached hydrogen (secondary N) is 1. The zero-order valence-corrected chi connectivity index (χ0v) is 10.9. The van der Waals surface area contributed by atoms with Crippen LogP contribution in [0.4, 0.5) is 5.82 Å². The first-order chi connectivity index (χ1) is 9.24. The van der Waals surface area contributed by atoms with Crippen molar-refractivity contribution < 1.29 is 9.84 Å². The van der Waals surface area contributed by atoms with E-state index in [9.17, 15) is 5.11 Å². The number of benzene rings is 1. The van der Waals surface area contributed by atoms with Gasteiger partial charge in [-0.1, -0.05) is 18.2 Å². The van der Waals surface area contributed by atoms with Crippen molar-refractivity contribution in [2.75, 3.05) is 18.5 Å². The van der Waals surface area contributed by atoms with Crippen LogP contribution in [0, 0.1) is 6.92 Å². The molecule has 2 aromatic rings. The Labute approximate surface area is 113 Å². The summed E-state index contributed by atoms with van der Waals surface area (Å²) in [6.45, 7) is 2.66. The normalized spacial score (nSPS) is 11.9. The summed E-state index contributed by atoms with van der Waals surface area (Å²) in [6, 6.07) is 13.4. The summed E-state index contributed by atoms with van der Waals surface area (Å²) in [5.74, 6) is 1.52. The molecule has 19 heavy (non-hydrogen) atoms. The van der Waals surface area contributed by atoms with E-state index < -0.39 is 6.10 Å². The van der Waals surface area contributed by atoms with E-state index >= 15 is 0 Å². The van der Waals surface area contributed by atoms with E-state index in [1.54, 1.807) is 6.20 Å². The minimum absolute atomic E-state index is 0.253. The highest BCUT2D eigenvalue weighted by molar-refractivity contribution is 5.33. The average Bonchev–Trinajstić information content (AvgIpc) is 2.44. The van der Waals surface area contributed by atoms with E-state index in [4.69, 9.17) is 4.74 Å². The van der Waals surface area contributed by atoms with Crippen molar-refractivity contribution in [3.05, 3.63) is 54.2 Å². The van der Waals surface area contributed by atoms with Crippen LogP contribution in [-0.4, -0.2) is 29.3 Å². The van der Waals surface area contributed by atoms with Gasteiger partial charge >= 0.3 is 0 Å². The average molecular weight is 258 g/mol. The summed E-state index contributed by atoms with van der Waals surface area (Å²) in [5.41, 5.74) is 1.14. The minimum Gasteiger partial charge on any atom is -0.491 e. The number of aliphatic hydroxyl groups is 1. The number of rotatable bonds is 6. The fraction of sp³-hybridized carbons (Fsp3) is 0.267. The molecule has 0 amide bonds. The van der Waals surface area contributed by atoms with Crippen molar-refractivity contribution in [2.45, 2.75) is 13.0 Å². The molecule has 0 fully saturated rings. The lowest BCUT2D eigenvalue weighted by Gasteiger charge is -2.13. The van der Waals surface area contributed by atoms with Gasteiger partial charge in [0.25, 0.3) is 0 Å². The molecule has 0 radical (unpaired) electrons. The fourth-order valence-electron chi connectivity index (χ4n) is 1.65. The fourth-order valence-corrected chi connectivity index (χ4v) is 1.65. The predicted octanol–water partition coefficient (Wildman–Crippen LogP) is 2.24. The van der Waals surface area contributed by atoms with Crippen LogP contribution in [0.25, 0.3) is 0 Å². The van der Waals surface area contributed by atoms with E-state index in [-0.39, 0.29) is 6.61 Å². The van der Waals surface area contributed by atoms with Crippen molar-refractivity contribution in [2.24, 2.45) is 0 Å². The number of ether oxygens (including phenoxy) is 1. The summed E-state index contributed by atoms with van der Waals surface area (Å²) in [6.07, 6.45) is 1.13. The molecule has 2 rings (SSSR count). The second-order valence-electron chi connectivity index (χ2n) is 4.38. The van der Waals surface area contributed by atoms with Crippen molar-refractivity contribution in [1.82, 2.24) is 4.98 Å². The molecule has 0 saturated carbocycles. The quantitative estimate of drug-likeness (QED) is 0.834. The summed E-state index contributed by atoms with van der Waals surface area (Å²) < 4.78 is 5.53. The van der Waals surface area contributed by atoms with Crippen LogP contribution in [0.15, 0.2) is 48.7 Å². The van der Waals surface area contributed by atoms with Gasteiger partial charge in [0.05, 0.1) is 0 Å². The van der Waals surface area contributed by atoms with Gasteiger partial charge in [0.2, 0.25) is 0 Å². The van der Waals surface area contributed by atoms with Crippen LogP contribution in [0.3, 0.4) is 0 Å². The highest BCUT2D eigenvalue weighted by Crippen LogP contribution is 2.12. The Hall–Kier alpha value is -2.07. The third-order valence-electron chi connectivity index (χ3n) is 2.62. The second kappa shape index (κ2) is 6.75. The molecule has 4 heteroatoms. The zero-order valence-electron chi connectivity index (χ0n) is 10.9. The van der Waals surface area contributed by atoms with Gasteiger partial charge in [-0.3, -0.25) is 0 Å². The summed E-state index contributed by atoms with van der Waals surface area (Å²) >= 11 is 0. The molecule has 0 saturated heterocycles. The molecule has 1 aromatic heterocycles. The number of nitrogens with zero attached hydrogens (tertiary/aromatic N) is 1. The molecule has 0 aliphatic carbocycles. The van der Waals surface area contributed by atoms with Gasteiger partial charge in [0.15, 0.2) is 0 Å². The van der Waals surface area contributed by atoms with Crippen LogP contribution in [0.2, 0.25) is 0 Å². The van der Waals surface area contributed by atoms with E-state index in [0.29, 0.717) is 6.54 Å². The second-order valence-corrected chi connectivity index (χ2v) is 4.38. The maximum atomic E-state index is 9.83. The molecule has 4 nitrogen and oxygen atoms in total. The standard InChI is InChI=1S/C15H18N2O2/c1-12-5-4-6-14(9-12)19-11-13(18)10-17-15-7-2-3-8-16-15/h2-9,13,18H,10-11H2,1H3,(H,16,17). The monoisotopic (exact) mass is 258 g/mol. The number of aromatic nitrogens is 1. The van der Waals surface area contributed by atoms with Crippen LogP contribution >= 0.6 is 0 Å². The molecule has 1 atom stereocenters. The maximum Gasteiger partial charge on any atom is 0.125 e. The van der Waals surface area contributed by atoms with Gasteiger partial charge in [-0.15, -0.1) is 0 Å². The SMILES string of the molecule is Cc1cccc(OCC(O)CNc2ccccn2)c1. The number of aryl methyl sites for hydroxylation is 1. The van der Waals surface area contributed by atoms with Crippen molar-refractivity contribution >= 4 is 5.82 Å². The third kappa shape index (κ3) is 4.60. The molecule has 0 spiro atoms. The zero-order chi connectivity index (χ0) is 13.5. The highest BCUT2D eigenvalue weighted by Gasteiger charge is 2.05. The molecule has 2 N–H and O–H groups in total. The van der Waals surface area contributed by atoms with Crippen LogP contribution in [0.1, 0.15) is 5.56 Å². The third-order valence-corrected chi connectivity index (χ3v) is 2.62. The summed E-state index contributed by atoms with van der Waals surface area (Å²) in [7, 11) is 0. The lowest BCUT2D eigenvalue weighted by atomic mass is 10.2. The van der Waals surface area contributed by atoms with Gasteiger partial charge in [-0.2, -0.15) is 0 Å². The lowest BCUT2D eigenvalue weighted by Crippen LogP contribution is -2.26. The largest absolute Gasteiger partial charge is 0.491 e.